The van der Waals surface area contributed by atoms with Gasteiger partial charge in [0.15, 0.2) is 5.13 Å². The molecule has 0 amide bonds. The summed E-state index contributed by atoms with van der Waals surface area (Å²) in [7, 11) is 1.88. The number of rotatable bonds is 3. The molecule has 0 bridgehead atoms. The highest BCUT2D eigenvalue weighted by molar-refractivity contribution is 7.10. The Morgan fingerprint density at radius 1 is 1.53 bits per heavy atom. The van der Waals surface area contributed by atoms with E-state index in [0.29, 0.717) is 6.54 Å². The van der Waals surface area contributed by atoms with Crippen LogP contribution < -0.4 is 5.32 Å². The number of nitrogens with one attached hydrogen (secondary N) is 1. The molecule has 0 fully saturated rings. The number of hydrogen-bond acceptors (Lipinski definition) is 3. The van der Waals surface area contributed by atoms with E-state index >= 15 is 0 Å². The largest absolute Gasteiger partial charge is 0.365 e. The summed E-state index contributed by atoms with van der Waals surface area (Å²) in [6.45, 7) is 2.62. The van der Waals surface area contributed by atoms with Crippen LogP contribution in [-0.2, 0) is 13.6 Å². The van der Waals surface area contributed by atoms with Crippen LogP contribution in [0.5, 0.6) is 0 Å². The highest BCUT2D eigenvalue weighted by Gasteiger charge is 2.04. The number of halogens is 1. The maximum Gasteiger partial charge on any atom is 0.176 e. The average molecular weight is 225 g/mol. The Labute approximate surface area is 91.5 Å². The molecular formula is C10H12FN3S. The third kappa shape index (κ3) is 2.18. The topological polar surface area (TPSA) is 29.9 Å². The highest BCUT2D eigenvalue weighted by Crippen LogP contribution is 2.18. The first-order valence-electron chi connectivity index (χ1n) is 4.63. The summed E-state index contributed by atoms with van der Waals surface area (Å²) >= 11 is 1.16. The van der Waals surface area contributed by atoms with Gasteiger partial charge < -0.3 is 5.32 Å². The first kappa shape index (κ1) is 10.2. The highest BCUT2D eigenvalue weighted by atomic mass is 32.1. The van der Waals surface area contributed by atoms with E-state index in [9.17, 15) is 4.39 Å². The molecule has 3 nitrogen and oxygen atoms in total. The lowest BCUT2D eigenvalue weighted by atomic mass is 10.3. The molecule has 0 unspecified atom stereocenters. The fourth-order valence-corrected chi connectivity index (χ4v) is 2.09. The number of aryl methyl sites for hydroxylation is 2. The summed E-state index contributed by atoms with van der Waals surface area (Å²) < 4.78 is 14.5. The van der Waals surface area contributed by atoms with E-state index in [1.807, 2.05) is 14.0 Å². The number of anilines is 1. The van der Waals surface area contributed by atoms with Crippen LogP contribution in [0.4, 0.5) is 10.2 Å². The quantitative estimate of drug-likeness (QED) is 0.870. The molecule has 0 radical (unpaired) electrons. The summed E-state index contributed by atoms with van der Waals surface area (Å²) in [6.07, 6.45) is 1.80. The summed E-state index contributed by atoms with van der Waals surface area (Å²) in [6, 6.07) is 3.27. The minimum Gasteiger partial charge on any atom is -0.365 e. The molecule has 1 N–H and O–H groups in total. The van der Waals surface area contributed by atoms with Gasteiger partial charge >= 0.3 is 0 Å². The van der Waals surface area contributed by atoms with Gasteiger partial charge in [-0.1, -0.05) is 0 Å². The van der Waals surface area contributed by atoms with Crippen molar-refractivity contribution >= 4 is 17.2 Å². The van der Waals surface area contributed by atoms with Crippen LogP contribution in [0.15, 0.2) is 18.3 Å². The van der Waals surface area contributed by atoms with Gasteiger partial charge in [-0.3, -0.25) is 4.68 Å². The van der Waals surface area contributed by atoms with Crippen molar-refractivity contribution in [2.75, 3.05) is 5.32 Å². The lowest BCUT2D eigenvalue weighted by molar-refractivity contribution is 0.657. The van der Waals surface area contributed by atoms with Gasteiger partial charge in [-0.05, 0) is 19.1 Å². The Bertz CT molecular complexity index is 441. The smallest absolute Gasteiger partial charge is 0.176 e. The predicted octanol–water partition coefficient (Wildman–Crippen LogP) is 2.54. The lowest BCUT2D eigenvalue weighted by Crippen LogP contribution is -2.04. The summed E-state index contributed by atoms with van der Waals surface area (Å²) in [5, 5.41) is 7.21. The van der Waals surface area contributed by atoms with Gasteiger partial charge in [-0.15, -0.1) is 11.3 Å². The number of aromatic nitrogens is 2. The molecule has 2 heterocycles. The molecule has 80 valence electrons. The fourth-order valence-electron chi connectivity index (χ4n) is 1.42. The molecule has 0 aromatic carbocycles. The summed E-state index contributed by atoms with van der Waals surface area (Å²) in [5.74, 6) is 0.976. The van der Waals surface area contributed by atoms with E-state index in [0.717, 1.165) is 27.6 Å². The Hall–Kier alpha value is -1.36. The van der Waals surface area contributed by atoms with Crippen molar-refractivity contribution < 1.29 is 4.39 Å². The second-order valence-electron chi connectivity index (χ2n) is 3.36. The van der Waals surface area contributed by atoms with E-state index in [1.165, 1.54) is 6.07 Å². The van der Waals surface area contributed by atoms with Crippen LogP contribution >= 0.6 is 11.3 Å². The van der Waals surface area contributed by atoms with Crippen LogP contribution in [0.1, 0.15) is 10.4 Å². The van der Waals surface area contributed by atoms with Gasteiger partial charge in [0.2, 0.25) is 0 Å². The van der Waals surface area contributed by atoms with Crippen LogP contribution in [0.2, 0.25) is 0 Å². The van der Waals surface area contributed by atoms with Crippen molar-refractivity contribution in [3.05, 3.63) is 33.9 Å². The minimum atomic E-state index is -0.145. The maximum atomic E-state index is 12.7. The van der Waals surface area contributed by atoms with Gasteiger partial charge in [0.25, 0.3) is 0 Å². The summed E-state index contributed by atoms with van der Waals surface area (Å²) in [5.41, 5.74) is 1.09. The van der Waals surface area contributed by atoms with E-state index in [-0.39, 0.29) is 5.13 Å². The third-order valence-corrected chi connectivity index (χ3v) is 3.05. The third-order valence-electron chi connectivity index (χ3n) is 2.18. The first-order chi connectivity index (χ1) is 7.16. The number of hydrogen-bond donors (Lipinski definition) is 1. The molecule has 0 saturated carbocycles. The van der Waals surface area contributed by atoms with Crippen molar-refractivity contribution in [3.63, 3.8) is 0 Å². The van der Waals surface area contributed by atoms with Gasteiger partial charge in [-0.25, -0.2) is 0 Å². The molecular weight excluding hydrogens is 213 g/mol. The van der Waals surface area contributed by atoms with Gasteiger partial charge in [-0.2, -0.15) is 9.49 Å². The molecule has 15 heavy (non-hydrogen) atoms. The van der Waals surface area contributed by atoms with Crippen LogP contribution in [-0.4, -0.2) is 9.78 Å². The molecule has 0 aliphatic carbocycles. The molecule has 0 aliphatic heterocycles. The van der Waals surface area contributed by atoms with E-state index in [1.54, 1.807) is 16.9 Å². The fraction of sp³-hybridized carbons (Fsp3) is 0.300. The number of thiophene rings is 1. The molecule has 2 rings (SSSR count). The maximum absolute atomic E-state index is 12.7. The summed E-state index contributed by atoms with van der Waals surface area (Å²) in [4.78, 5) is 0.980. The standard InChI is InChI=1S/C10H12FN3S/c1-7-5-13-14(2)10(7)12-6-8-3-4-9(11)15-8/h3-5,12H,6H2,1-2H3. The molecule has 2 aromatic heterocycles. The monoisotopic (exact) mass is 225 g/mol. The average Bonchev–Trinajstić information content (AvgIpc) is 2.73. The van der Waals surface area contributed by atoms with Crippen molar-refractivity contribution in [2.24, 2.45) is 7.05 Å². The second kappa shape index (κ2) is 4.02. The molecule has 0 spiro atoms. The van der Waals surface area contributed by atoms with Crippen molar-refractivity contribution in [1.29, 1.82) is 0 Å². The second-order valence-corrected chi connectivity index (χ2v) is 4.48. The van der Waals surface area contributed by atoms with Crippen LogP contribution in [0, 0.1) is 12.1 Å². The molecule has 0 aliphatic rings. The van der Waals surface area contributed by atoms with Crippen molar-refractivity contribution in [3.8, 4) is 0 Å². The van der Waals surface area contributed by atoms with E-state index < -0.39 is 0 Å². The van der Waals surface area contributed by atoms with Crippen molar-refractivity contribution in [1.82, 2.24) is 9.78 Å². The molecule has 5 heteroatoms. The minimum absolute atomic E-state index is 0.145. The van der Waals surface area contributed by atoms with Gasteiger partial charge in [0.1, 0.15) is 5.82 Å². The lowest BCUT2D eigenvalue weighted by Gasteiger charge is -2.05. The Kier molecular flexibility index (Phi) is 2.73. The zero-order chi connectivity index (χ0) is 10.8. The van der Waals surface area contributed by atoms with Gasteiger partial charge in [0.05, 0.1) is 12.7 Å². The SMILES string of the molecule is Cc1cnn(C)c1NCc1ccc(F)s1. The Morgan fingerprint density at radius 2 is 2.33 bits per heavy atom. The molecule has 0 saturated heterocycles. The zero-order valence-electron chi connectivity index (χ0n) is 8.62. The molecule has 0 atom stereocenters. The molecule has 2 aromatic rings. The van der Waals surface area contributed by atoms with E-state index in [4.69, 9.17) is 0 Å². The van der Waals surface area contributed by atoms with Crippen molar-refractivity contribution in [2.45, 2.75) is 13.5 Å². The zero-order valence-corrected chi connectivity index (χ0v) is 9.44. The predicted molar refractivity (Wildman–Crippen MR) is 59.5 cm³/mol. The van der Waals surface area contributed by atoms with Crippen LogP contribution in [0.3, 0.4) is 0 Å². The van der Waals surface area contributed by atoms with E-state index in [2.05, 4.69) is 10.4 Å². The van der Waals surface area contributed by atoms with Crippen LogP contribution in [0.25, 0.3) is 0 Å². The Balaban J connectivity index is 2.05. The normalized spacial score (nSPS) is 10.6. The Morgan fingerprint density at radius 3 is 2.87 bits per heavy atom. The first-order valence-corrected chi connectivity index (χ1v) is 5.45. The van der Waals surface area contributed by atoms with Gasteiger partial charge in [0, 0.05) is 17.5 Å². The number of nitrogens with zero attached hydrogens (tertiary/aromatic N) is 2.